The number of halogens is 1. The molecule has 0 spiro atoms. The van der Waals surface area contributed by atoms with E-state index < -0.39 is 0 Å². The van der Waals surface area contributed by atoms with Gasteiger partial charge in [0.1, 0.15) is 5.82 Å². The van der Waals surface area contributed by atoms with Gasteiger partial charge in [-0.2, -0.15) is 0 Å². The summed E-state index contributed by atoms with van der Waals surface area (Å²) < 4.78 is 14.0. The van der Waals surface area contributed by atoms with E-state index in [0.29, 0.717) is 11.5 Å². The van der Waals surface area contributed by atoms with Crippen molar-refractivity contribution in [2.24, 2.45) is 11.7 Å². The molecular weight excluding hydrogens is 243 g/mol. The molecule has 0 bridgehead atoms. The molecule has 19 heavy (non-hydrogen) atoms. The van der Waals surface area contributed by atoms with Crippen LogP contribution in [0.1, 0.15) is 31.4 Å². The highest BCUT2D eigenvalue weighted by Gasteiger charge is 2.32. The number of hydrogen-bond donors (Lipinski definition) is 2. The summed E-state index contributed by atoms with van der Waals surface area (Å²) in [6.07, 6.45) is 1.87. The first-order chi connectivity index (χ1) is 9.13. The minimum absolute atomic E-state index is 0.0788. The van der Waals surface area contributed by atoms with Crippen LogP contribution in [0.5, 0.6) is 0 Å². The average molecular weight is 266 g/mol. The Morgan fingerprint density at radius 3 is 2.84 bits per heavy atom. The van der Waals surface area contributed by atoms with Crippen LogP contribution in [0.4, 0.5) is 4.39 Å². The van der Waals surface area contributed by atoms with Crippen molar-refractivity contribution in [2.75, 3.05) is 19.7 Å². The van der Waals surface area contributed by atoms with Crippen LogP contribution >= 0.6 is 0 Å². The van der Waals surface area contributed by atoms with Crippen LogP contribution in [0.2, 0.25) is 0 Å². The zero-order valence-electron chi connectivity index (χ0n) is 11.4. The first-order valence-electron chi connectivity index (χ1n) is 6.98. The Bertz CT molecular complexity index is 411. The zero-order chi connectivity index (χ0) is 13.8. The van der Waals surface area contributed by atoms with Gasteiger partial charge >= 0.3 is 0 Å². The van der Waals surface area contributed by atoms with Crippen molar-refractivity contribution in [1.82, 2.24) is 4.90 Å². The summed E-state index contributed by atoms with van der Waals surface area (Å²) >= 11 is 0. The molecule has 0 radical (unpaired) electrons. The van der Waals surface area contributed by atoms with E-state index in [2.05, 4.69) is 4.90 Å². The van der Waals surface area contributed by atoms with Gasteiger partial charge in [-0.05, 0) is 38.3 Å². The van der Waals surface area contributed by atoms with Gasteiger partial charge in [-0.3, -0.25) is 4.90 Å². The van der Waals surface area contributed by atoms with E-state index in [1.165, 1.54) is 6.07 Å². The minimum Gasteiger partial charge on any atom is -0.396 e. The number of likely N-dealkylation sites (tertiary alicyclic amines) is 1. The molecule has 4 heteroatoms. The van der Waals surface area contributed by atoms with Crippen LogP contribution in [0, 0.1) is 11.7 Å². The highest BCUT2D eigenvalue weighted by Crippen LogP contribution is 2.31. The highest BCUT2D eigenvalue weighted by atomic mass is 19.1. The van der Waals surface area contributed by atoms with E-state index in [9.17, 15) is 4.39 Å². The van der Waals surface area contributed by atoms with Crippen molar-refractivity contribution >= 4 is 0 Å². The molecule has 2 rings (SSSR count). The summed E-state index contributed by atoms with van der Waals surface area (Å²) in [4.78, 5) is 2.25. The monoisotopic (exact) mass is 266 g/mol. The van der Waals surface area contributed by atoms with Crippen LogP contribution in [0.25, 0.3) is 0 Å². The molecule has 1 aliphatic rings. The van der Waals surface area contributed by atoms with Gasteiger partial charge in [-0.25, -0.2) is 4.39 Å². The Hall–Kier alpha value is -0.970. The van der Waals surface area contributed by atoms with Gasteiger partial charge < -0.3 is 10.8 Å². The lowest BCUT2D eigenvalue weighted by Crippen LogP contribution is -2.38. The van der Waals surface area contributed by atoms with Gasteiger partial charge in [0.05, 0.1) is 6.04 Å². The summed E-state index contributed by atoms with van der Waals surface area (Å²) in [5, 5.41) is 9.02. The molecule has 3 atom stereocenters. The summed E-state index contributed by atoms with van der Waals surface area (Å²) in [6.45, 7) is 3.96. The third-order valence-corrected chi connectivity index (χ3v) is 3.97. The quantitative estimate of drug-likeness (QED) is 0.856. The Balaban J connectivity index is 2.16. The lowest BCUT2D eigenvalue weighted by atomic mass is 9.98. The molecule has 1 saturated heterocycles. The Morgan fingerprint density at radius 1 is 1.47 bits per heavy atom. The van der Waals surface area contributed by atoms with Crippen LogP contribution in [-0.4, -0.2) is 35.7 Å². The third kappa shape index (κ3) is 3.32. The molecule has 3 nitrogen and oxygen atoms in total. The van der Waals surface area contributed by atoms with Crippen LogP contribution in [0.3, 0.4) is 0 Å². The maximum absolute atomic E-state index is 14.0. The van der Waals surface area contributed by atoms with E-state index in [1.54, 1.807) is 6.07 Å². The average Bonchev–Trinajstić information content (AvgIpc) is 2.80. The van der Waals surface area contributed by atoms with Gasteiger partial charge in [-0.15, -0.1) is 0 Å². The number of nitrogens with zero attached hydrogens (tertiary/aromatic N) is 1. The van der Waals surface area contributed by atoms with Crippen molar-refractivity contribution in [2.45, 2.75) is 31.8 Å². The first-order valence-corrected chi connectivity index (χ1v) is 6.98. The molecule has 1 fully saturated rings. The lowest BCUT2D eigenvalue weighted by Gasteiger charge is -2.31. The standard InChI is InChI=1S/C15H23FN2O/c1-11(17)15(13-4-2-3-5-14(13)16)18-8-6-12(10-18)7-9-19/h2-5,11-12,15,19H,6-10,17H2,1H3. The van der Waals surface area contributed by atoms with Gasteiger partial charge in [0.2, 0.25) is 0 Å². The van der Waals surface area contributed by atoms with Crippen LogP contribution in [0.15, 0.2) is 24.3 Å². The predicted molar refractivity (Wildman–Crippen MR) is 74.2 cm³/mol. The second kappa shape index (κ2) is 6.46. The molecule has 1 aromatic rings. The Kier molecular flexibility index (Phi) is 4.91. The van der Waals surface area contributed by atoms with Crippen molar-refractivity contribution in [1.29, 1.82) is 0 Å². The molecule has 106 valence electrons. The number of aliphatic hydroxyl groups excluding tert-OH is 1. The second-order valence-corrected chi connectivity index (χ2v) is 5.49. The number of nitrogens with two attached hydrogens (primary N) is 1. The SMILES string of the molecule is CC(N)C(c1ccccc1F)N1CCC(CCO)C1. The lowest BCUT2D eigenvalue weighted by molar-refractivity contribution is 0.197. The summed E-state index contributed by atoms with van der Waals surface area (Å²) in [5.74, 6) is 0.313. The molecule has 0 aromatic heterocycles. The van der Waals surface area contributed by atoms with Crippen molar-refractivity contribution in [3.63, 3.8) is 0 Å². The Labute approximate surface area is 114 Å². The maximum Gasteiger partial charge on any atom is 0.128 e. The van der Waals surface area contributed by atoms with Gasteiger partial charge in [0.25, 0.3) is 0 Å². The van der Waals surface area contributed by atoms with Crippen molar-refractivity contribution < 1.29 is 9.50 Å². The highest BCUT2D eigenvalue weighted by molar-refractivity contribution is 5.23. The van der Waals surface area contributed by atoms with Crippen LogP contribution < -0.4 is 5.73 Å². The molecule has 1 aliphatic heterocycles. The molecule has 0 amide bonds. The van der Waals surface area contributed by atoms with Crippen molar-refractivity contribution in [3.8, 4) is 0 Å². The topological polar surface area (TPSA) is 49.5 Å². The molecule has 3 N–H and O–H groups in total. The van der Waals surface area contributed by atoms with E-state index in [1.807, 2.05) is 19.1 Å². The number of aliphatic hydroxyl groups is 1. The smallest absolute Gasteiger partial charge is 0.128 e. The zero-order valence-corrected chi connectivity index (χ0v) is 11.4. The van der Waals surface area contributed by atoms with E-state index in [4.69, 9.17) is 10.8 Å². The van der Waals surface area contributed by atoms with E-state index in [-0.39, 0.29) is 24.5 Å². The number of hydrogen-bond acceptors (Lipinski definition) is 3. The molecule has 0 saturated carbocycles. The fraction of sp³-hybridized carbons (Fsp3) is 0.600. The van der Waals surface area contributed by atoms with Gasteiger partial charge in [0, 0.05) is 24.8 Å². The number of rotatable bonds is 5. The van der Waals surface area contributed by atoms with Gasteiger partial charge in [0.15, 0.2) is 0 Å². The molecule has 1 aromatic carbocycles. The number of benzene rings is 1. The minimum atomic E-state index is -0.185. The van der Waals surface area contributed by atoms with E-state index >= 15 is 0 Å². The van der Waals surface area contributed by atoms with Crippen LogP contribution in [-0.2, 0) is 0 Å². The molecule has 3 unspecified atom stereocenters. The second-order valence-electron chi connectivity index (χ2n) is 5.49. The van der Waals surface area contributed by atoms with E-state index in [0.717, 1.165) is 25.9 Å². The Morgan fingerprint density at radius 2 is 2.21 bits per heavy atom. The fourth-order valence-corrected chi connectivity index (χ4v) is 3.06. The van der Waals surface area contributed by atoms with Crippen molar-refractivity contribution in [3.05, 3.63) is 35.6 Å². The summed E-state index contributed by atoms with van der Waals surface area (Å²) in [5.41, 5.74) is 6.76. The third-order valence-electron chi connectivity index (χ3n) is 3.97. The molecule has 0 aliphatic carbocycles. The predicted octanol–water partition coefficient (Wildman–Crippen LogP) is 1.92. The normalized spacial score (nSPS) is 23.5. The van der Waals surface area contributed by atoms with Gasteiger partial charge in [-0.1, -0.05) is 18.2 Å². The first kappa shape index (κ1) is 14.4. The molecular formula is C15H23FN2O. The summed E-state index contributed by atoms with van der Waals surface area (Å²) in [6, 6.07) is 6.68. The molecule has 1 heterocycles. The maximum atomic E-state index is 14.0. The summed E-state index contributed by atoms with van der Waals surface area (Å²) in [7, 11) is 0. The fourth-order valence-electron chi connectivity index (χ4n) is 3.06. The largest absolute Gasteiger partial charge is 0.396 e.